The van der Waals surface area contributed by atoms with Crippen molar-refractivity contribution in [3.05, 3.63) is 0 Å². The van der Waals surface area contributed by atoms with Crippen LogP contribution in [0.15, 0.2) is 0 Å². The molecule has 0 fully saturated rings. The average molecular weight is 354 g/mol. The molecular formula is C24H49O. The van der Waals surface area contributed by atoms with Gasteiger partial charge in [-0.15, -0.1) is 0 Å². The van der Waals surface area contributed by atoms with Crippen LogP contribution in [0.5, 0.6) is 0 Å². The topological polar surface area (TPSA) is 19.9 Å². The van der Waals surface area contributed by atoms with E-state index in [2.05, 4.69) is 27.7 Å². The fourth-order valence-electron chi connectivity index (χ4n) is 4.22. The molecule has 0 spiro atoms. The Morgan fingerprint density at radius 3 is 1.52 bits per heavy atom. The zero-order valence-electron chi connectivity index (χ0n) is 18.2. The van der Waals surface area contributed by atoms with E-state index in [-0.39, 0.29) is 0 Å². The fourth-order valence-corrected chi connectivity index (χ4v) is 4.22. The predicted molar refractivity (Wildman–Crippen MR) is 113 cm³/mol. The third kappa shape index (κ3) is 12.9. The van der Waals surface area contributed by atoms with Crippen LogP contribution in [-0.4, -0.2) is 5.60 Å². The Bertz CT molecular complexity index is 263. The molecule has 0 saturated heterocycles. The molecule has 0 aromatic rings. The van der Waals surface area contributed by atoms with Crippen LogP contribution in [0.25, 0.3) is 0 Å². The van der Waals surface area contributed by atoms with E-state index in [0.717, 1.165) is 38.5 Å². The van der Waals surface area contributed by atoms with Gasteiger partial charge >= 0.3 is 0 Å². The van der Waals surface area contributed by atoms with E-state index < -0.39 is 5.60 Å². The molecule has 0 bridgehead atoms. The van der Waals surface area contributed by atoms with Gasteiger partial charge in [0.2, 0.25) is 0 Å². The van der Waals surface area contributed by atoms with Gasteiger partial charge in [0.05, 0.1) is 0 Å². The summed E-state index contributed by atoms with van der Waals surface area (Å²) in [4.78, 5) is 0. The maximum atomic E-state index is 13.6. The van der Waals surface area contributed by atoms with Crippen molar-refractivity contribution in [3.8, 4) is 0 Å². The Morgan fingerprint density at radius 1 is 0.560 bits per heavy atom. The molecule has 0 amide bonds. The first-order chi connectivity index (χ1) is 12.1. The van der Waals surface area contributed by atoms with E-state index in [1.54, 1.807) is 0 Å². The smallest absolute Gasteiger partial charge is 0.106 e. The highest BCUT2D eigenvalue weighted by Gasteiger charge is 2.35. The van der Waals surface area contributed by atoms with Crippen molar-refractivity contribution < 1.29 is 5.11 Å². The Balaban J connectivity index is 4.29. The van der Waals surface area contributed by atoms with Gasteiger partial charge in [-0.2, -0.15) is 0 Å². The second-order valence-electron chi connectivity index (χ2n) is 8.35. The summed E-state index contributed by atoms with van der Waals surface area (Å²) < 4.78 is 0. The van der Waals surface area contributed by atoms with E-state index in [9.17, 15) is 5.11 Å². The highest BCUT2D eigenvalue weighted by atomic mass is 16.3. The van der Waals surface area contributed by atoms with Crippen molar-refractivity contribution in [2.24, 2.45) is 5.92 Å². The van der Waals surface area contributed by atoms with Gasteiger partial charge in [-0.25, -0.2) is 5.11 Å². The molecule has 0 aliphatic rings. The van der Waals surface area contributed by atoms with Crippen molar-refractivity contribution >= 4 is 0 Å². The molecule has 0 rings (SSSR count). The van der Waals surface area contributed by atoms with Crippen LogP contribution in [0.4, 0.5) is 0 Å². The van der Waals surface area contributed by atoms with Crippen LogP contribution in [0, 0.1) is 5.92 Å². The Labute approximate surface area is 160 Å². The Hall–Kier alpha value is -0.0400. The van der Waals surface area contributed by atoms with E-state index in [0.29, 0.717) is 5.92 Å². The first-order valence-corrected chi connectivity index (χ1v) is 11.8. The van der Waals surface area contributed by atoms with Crippen LogP contribution in [0.2, 0.25) is 0 Å². The third-order valence-corrected chi connectivity index (χ3v) is 6.05. The summed E-state index contributed by atoms with van der Waals surface area (Å²) in [7, 11) is 0. The van der Waals surface area contributed by atoms with Crippen molar-refractivity contribution in [3.63, 3.8) is 0 Å². The van der Waals surface area contributed by atoms with Crippen molar-refractivity contribution in [2.45, 2.75) is 149 Å². The summed E-state index contributed by atoms with van der Waals surface area (Å²) in [5.74, 6) is 0.404. The molecular weight excluding hydrogens is 304 g/mol. The molecule has 0 heterocycles. The summed E-state index contributed by atoms with van der Waals surface area (Å²) in [6.45, 7) is 9.01. The molecule has 0 aromatic carbocycles. The molecule has 2 unspecified atom stereocenters. The molecule has 2 atom stereocenters. The predicted octanol–water partition coefficient (Wildman–Crippen LogP) is 8.87. The second-order valence-corrected chi connectivity index (χ2v) is 8.35. The van der Waals surface area contributed by atoms with E-state index in [1.165, 1.54) is 77.0 Å². The van der Waals surface area contributed by atoms with Crippen LogP contribution in [-0.2, 0) is 5.11 Å². The van der Waals surface area contributed by atoms with E-state index in [4.69, 9.17) is 0 Å². The SMILES string of the molecule is CCCCCCCCC(CC)C([O])(CCCC)CCCCCCCC. The molecule has 0 aliphatic carbocycles. The van der Waals surface area contributed by atoms with Gasteiger partial charge in [-0.3, -0.25) is 0 Å². The molecule has 1 radical (unpaired) electrons. The van der Waals surface area contributed by atoms with Gasteiger partial charge in [0.25, 0.3) is 0 Å². The fraction of sp³-hybridized carbons (Fsp3) is 1.00. The normalized spacial score (nSPS) is 15.2. The van der Waals surface area contributed by atoms with E-state index >= 15 is 0 Å². The Kier molecular flexibility index (Phi) is 17.3. The lowest BCUT2D eigenvalue weighted by Gasteiger charge is -2.34. The molecule has 151 valence electrons. The highest BCUT2D eigenvalue weighted by Crippen LogP contribution is 2.36. The van der Waals surface area contributed by atoms with Gasteiger partial charge in [0.15, 0.2) is 0 Å². The molecule has 25 heavy (non-hydrogen) atoms. The van der Waals surface area contributed by atoms with Crippen molar-refractivity contribution in [1.29, 1.82) is 0 Å². The summed E-state index contributed by atoms with van der Waals surface area (Å²) in [6, 6.07) is 0. The summed E-state index contributed by atoms with van der Waals surface area (Å²) in [6.07, 6.45) is 22.2. The van der Waals surface area contributed by atoms with Crippen LogP contribution in [0.1, 0.15) is 143 Å². The minimum absolute atomic E-state index is 0.404. The largest absolute Gasteiger partial charge is 0.229 e. The quantitative estimate of drug-likeness (QED) is 0.207. The number of hydrogen-bond donors (Lipinski definition) is 0. The minimum atomic E-state index is -0.640. The highest BCUT2D eigenvalue weighted by molar-refractivity contribution is 4.85. The van der Waals surface area contributed by atoms with Crippen molar-refractivity contribution in [1.82, 2.24) is 0 Å². The average Bonchev–Trinajstić information content (AvgIpc) is 2.62. The standard InChI is InChI=1S/C24H49O/c1-5-9-12-14-16-18-20-23(8-4)24(25,21-11-7-3)22-19-17-15-13-10-6-2/h23H,5-22H2,1-4H3. The molecule has 0 aromatic heterocycles. The third-order valence-electron chi connectivity index (χ3n) is 6.05. The van der Waals surface area contributed by atoms with Crippen molar-refractivity contribution in [2.75, 3.05) is 0 Å². The molecule has 0 aliphatic heterocycles. The second kappa shape index (κ2) is 17.4. The minimum Gasteiger partial charge on any atom is -0.229 e. The molecule has 0 saturated carbocycles. The molecule has 1 nitrogen and oxygen atoms in total. The number of rotatable bonds is 19. The van der Waals surface area contributed by atoms with Crippen LogP contribution < -0.4 is 0 Å². The van der Waals surface area contributed by atoms with Gasteiger partial charge < -0.3 is 0 Å². The van der Waals surface area contributed by atoms with E-state index in [1.807, 2.05) is 0 Å². The van der Waals surface area contributed by atoms with Crippen LogP contribution >= 0.6 is 0 Å². The van der Waals surface area contributed by atoms with Crippen LogP contribution in [0.3, 0.4) is 0 Å². The Morgan fingerprint density at radius 2 is 1.00 bits per heavy atom. The van der Waals surface area contributed by atoms with Gasteiger partial charge in [0.1, 0.15) is 5.60 Å². The lowest BCUT2D eigenvalue weighted by molar-refractivity contribution is -0.0978. The first kappa shape index (κ1) is 25.0. The first-order valence-electron chi connectivity index (χ1n) is 11.8. The maximum Gasteiger partial charge on any atom is 0.106 e. The van der Waals surface area contributed by atoms with Gasteiger partial charge in [-0.05, 0) is 25.2 Å². The monoisotopic (exact) mass is 353 g/mol. The maximum absolute atomic E-state index is 13.6. The number of hydrogen-bond acceptors (Lipinski definition) is 0. The lowest BCUT2D eigenvalue weighted by atomic mass is 9.75. The molecule has 1 heteroatoms. The number of unbranched alkanes of at least 4 members (excludes halogenated alkanes) is 11. The van der Waals surface area contributed by atoms with Gasteiger partial charge in [-0.1, -0.05) is 124 Å². The zero-order chi connectivity index (χ0) is 18.8. The summed E-state index contributed by atoms with van der Waals surface area (Å²) in [5.41, 5.74) is -0.640. The van der Waals surface area contributed by atoms with Gasteiger partial charge in [0, 0.05) is 0 Å². The lowest BCUT2D eigenvalue weighted by Crippen LogP contribution is -2.36. The summed E-state index contributed by atoms with van der Waals surface area (Å²) in [5, 5.41) is 13.6. The summed E-state index contributed by atoms with van der Waals surface area (Å²) >= 11 is 0. The molecule has 0 N–H and O–H groups in total. The zero-order valence-corrected chi connectivity index (χ0v) is 18.2.